The molecule has 0 saturated carbocycles. The van der Waals surface area contributed by atoms with Crippen molar-refractivity contribution in [2.45, 2.75) is 0 Å². The van der Waals surface area contributed by atoms with E-state index in [-0.39, 0.29) is 5.78 Å². The highest BCUT2D eigenvalue weighted by Crippen LogP contribution is 2.14. The van der Waals surface area contributed by atoms with E-state index < -0.39 is 0 Å². The maximum Gasteiger partial charge on any atom is 0.213 e. The average Bonchev–Trinajstić information content (AvgIpc) is 2.91. The molecule has 0 unspecified atom stereocenters. The summed E-state index contributed by atoms with van der Waals surface area (Å²) in [6.45, 7) is 0. The zero-order valence-electron chi connectivity index (χ0n) is 9.25. The number of aromatic amines is 1. The number of ketones is 1. The highest BCUT2D eigenvalue weighted by molar-refractivity contribution is 6.07. The van der Waals surface area contributed by atoms with E-state index in [1.807, 2.05) is 0 Å². The van der Waals surface area contributed by atoms with Crippen LogP contribution in [0.15, 0.2) is 36.5 Å². The van der Waals surface area contributed by atoms with Gasteiger partial charge in [0.25, 0.3) is 0 Å². The molecular formula is C12H11N3O2. The van der Waals surface area contributed by atoms with Crippen LogP contribution >= 0.6 is 0 Å². The highest BCUT2D eigenvalue weighted by Gasteiger charge is 2.10. The second-order valence-electron chi connectivity index (χ2n) is 3.56. The molecule has 1 N–H and O–H groups in total. The number of nitrogens with zero attached hydrogens (tertiary/aromatic N) is 2. The Morgan fingerprint density at radius 1 is 1.29 bits per heavy atom. The van der Waals surface area contributed by atoms with Gasteiger partial charge in [0.05, 0.1) is 0 Å². The van der Waals surface area contributed by atoms with Crippen molar-refractivity contribution in [1.82, 2.24) is 10.2 Å². The number of anilines is 1. The third-order valence-electron chi connectivity index (χ3n) is 2.44. The van der Waals surface area contributed by atoms with Crippen molar-refractivity contribution in [3.05, 3.63) is 47.8 Å². The summed E-state index contributed by atoms with van der Waals surface area (Å²) in [6, 6.07) is 8.42. The number of nitrogens with one attached hydrogen (secondary N) is 1. The Bertz CT molecular complexity index is 517. The zero-order chi connectivity index (χ0) is 12.3. The van der Waals surface area contributed by atoms with Crippen LogP contribution in [-0.2, 0) is 4.79 Å². The lowest BCUT2D eigenvalue weighted by Crippen LogP contribution is -2.13. The molecule has 1 heterocycles. The normalized spacial score (nSPS) is 9.94. The van der Waals surface area contributed by atoms with Crippen LogP contribution in [0.3, 0.4) is 0 Å². The van der Waals surface area contributed by atoms with Crippen molar-refractivity contribution >= 4 is 17.9 Å². The molecule has 2 aromatic rings. The van der Waals surface area contributed by atoms with Crippen LogP contribution in [0.1, 0.15) is 16.1 Å². The Balaban J connectivity index is 2.24. The summed E-state index contributed by atoms with van der Waals surface area (Å²) in [5.74, 6) is -0.122. The molecular weight excluding hydrogens is 218 g/mol. The molecule has 5 nitrogen and oxygen atoms in total. The van der Waals surface area contributed by atoms with Gasteiger partial charge in [0.1, 0.15) is 5.69 Å². The number of H-pyrrole nitrogens is 1. The Morgan fingerprint density at radius 3 is 2.53 bits per heavy atom. The van der Waals surface area contributed by atoms with E-state index in [0.29, 0.717) is 17.7 Å². The lowest BCUT2D eigenvalue weighted by Gasteiger charge is -2.10. The molecule has 0 bridgehead atoms. The van der Waals surface area contributed by atoms with Gasteiger partial charge >= 0.3 is 0 Å². The van der Waals surface area contributed by atoms with E-state index in [0.717, 1.165) is 5.69 Å². The maximum atomic E-state index is 11.9. The summed E-state index contributed by atoms with van der Waals surface area (Å²) in [7, 11) is 1.65. The second kappa shape index (κ2) is 4.61. The van der Waals surface area contributed by atoms with E-state index in [1.54, 1.807) is 37.4 Å². The molecule has 0 fully saturated rings. The molecule has 0 aliphatic carbocycles. The predicted molar refractivity (Wildman–Crippen MR) is 62.9 cm³/mol. The SMILES string of the molecule is CN(C=O)c1ccc(C(=O)c2ccn[nH]2)cc1. The minimum absolute atomic E-state index is 0.122. The van der Waals surface area contributed by atoms with Gasteiger partial charge in [-0.3, -0.25) is 14.7 Å². The first kappa shape index (κ1) is 11.1. The number of aromatic nitrogens is 2. The lowest BCUT2D eigenvalue weighted by atomic mass is 10.1. The second-order valence-corrected chi connectivity index (χ2v) is 3.56. The van der Waals surface area contributed by atoms with Crippen LogP contribution in [-0.4, -0.2) is 29.4 Å². The third kappa shape index (κ3) is 2.23. The number of hydrogen-bond acceptors (Lipinski definition) is 3. The first-order valence-electron chi connectivity index (χ1n) is 5.04. The number of rotatable bonds is 4. The molecule has 1 aromatic carbocycles. The van der Waals surface area contributed by atoms with Crippen molar-refractivity contribution in [3.8, 4) is 0 Å². The quantitative estimate of drug-likeness (QED) is 0.633. The van der Waals surface area contributed by atoms with Crippen LogP contribution in [0.5, 0.6) is 0 Å². The molecule has 0 radical (unpaired) electrons. The molecule has 5 heteroatoms. The van der Waals surface area contributed by atoms with E-state index in [9.17, 15) is 9.59 Å². The molecule has 0 spiro atoms. The van der Waals surface area contributed by atoms with Gasteiger partial charge < -0.3 is 4.90 Å². The monoisotopic (exact) mass is 229 g/mol. The van der Waals surface area contributed by atoms with Crippen LogP contribution in [0, 0.1) is 0 Å². The molecule has 0 atom stereocenters. The molecule has 86 valence electrons. The van der Waals surface area contributed by atoms with Crippen LogP contribution < -0.4 is 4.90 Å². The fourth-order valence-corrected chi connectivity index (χ4v) is 1.45. The van der Waals surface area contributed by atoms with E-state index in [1.165, 1.54) is 11.1 Å². The summed E-state index contributed by atoms with van der Waals surface area (Å²) >= 11 is 0. The smallest absolute Gasteiger partial charge is 0.213 e. The van der Waals surface area contributed by atoms with Gasteiger partial charge in [-0.25, -0.2) is 0 Å². The van der Waals surface area contributed by atoms with Gasteiger partial charge in [0.2, 0.25) is 12.2 Å². The van der Waals surface area contributed by atoms with Crippen molar-refractivity contribution < 1.29 is 9.59 Å². The number of carbonyl (C=O) groups excluding carboxylic acids is 2. The van der Waals surface area contributed by atoms with Gasteiger partial charge in [-0.2, -0.15) is 5.10 Å². The Hall–Kier alpha value is -2.43. The fraction of sp³-hybridized carbons (Fsp3) is 0.0833. The minimum atomic E-state index is -0.122. The molecule has 1 amide bonds. The molecule has 1 aromatic heterocycles. The zero-order valence-corrected chi connectivity index (χ0v) is 9.25. The van der Waals surface area contributed by atoms with E-state index >= 15 is 0 Å². The Morgan fingerprint density at radius 2 is 2.00 bits per heavy atom. The van der Waals surface area contributed by atoms with Crippen LogP contribution in [0.25, 0.3) is 0 Å². The van der Waals surface area contributed by atoms with Gasteiger partial charge in [0, 0.05) is 24.5 Å². The summed E-state index contributed by atoms with van der Waals surface area (Å²) < 4.78 is 0. The number of benzene rings is 1. The maximum absolute atomic E-state index is 11.9. The first-order valence-corrected chi connectivity index (χ1v) is 5.04. The number of carbonyl (C=O) groups is 2. The summed E-state index contributed by atoms with van der Waals surface area (Å²) in [5.41, 5.74) is 1.74. The fourth-order valence-electron chi connectivity index (χ4n) is 1.45. The summed E-state index contributed by atoms with van der Waals surface area (Å²) in [6.07, 6.45) is 2.24. The van der Waals surface area contributed by atoms with E-state index in [4.69, 9.17) is 0 Å². The summed E-state index contributed by atoms with van der Waals surface area (Å²) in [5, 5.41) is 6.35. The minimum Gasteiger partial charge on any atom is -0.318 e. The van der Waals surface area contributed by atoms with Crippen LogP contribution in [0.2, 0.25) is 0 Å². The molecule has 0 aliphatic heterocycles. The van der Waals surface area contributed by atoms with Gasteiger partial charge in [-0.05, 0) is 30.3 Å². The highest BCUT2D eigenvalue weighted by atomic mass is 16.1. The number of amides is 1. The largest absolute Gasteiger partial charge is 0.318 e. The van der Waals surface area contributed by atoms with Crippen molar-refractivity contribution in [1.29, 1.82) is 0 Å². The first-order chi connectivity index (χ1) is 8.22. The molecule has 17 heavy (non-hydrogen) atoms. The van der Waals surface area contributed by atoms with Crippen LogP contribution in [0.4, 0.5) is 5.69 Å². The topological polar surface area (TPSA) is 66.1 Å². The van der Waals surface area contributed by atoms with Crippen molar-refractivity contribution in [2.24, 2.45) is 0 Å². The standard InChI is InChI=1S/C12H11N3O2/c1-15(8-16)10-4-2-9(3-5-10)12(17)11-6-7-13-14-11/h2-8H,1H3,(H,13,14). The average molecular weight is 229 g/mol. The molecule has 2 rings (SSSR count). The summed E-state index contributed by atoms with van der Waals surface area (Å²) in [4.78, 5) is 23.9. The van der Waals surface area contributed by atoms with Crippen molar-refractivity contribution in [3.63, 3.8) is 0 Å². The van der Waals surface area contributed by atoms with Gasteiger partial charge in [-0.15, -0.1) is 0 Å². The van der Waals surface area contributed by atoms with Gasteiger partial charge in [0.15, 0.2) is 0 Å². The Labute approximate surface area is 98.1 Å². The van der Waals surface area contributed by atoms with E-state index in [2.05, 4.69) is 10.2 Å². The third-order valence-corrected chi connectivity index (χ3v) is 2.44. The Kier molecular flexibility index (Phi) is 3.00. The predicted octanol–water partition coefficient (Wildman–Crippen LogP) is 1.23. The molecule has 0 aliphatic rings. The number of hydrogen-bond donors (Lipinski definition) is 1. The van der Waals surface area contributed by atoms with Crippen molar-refractivity contribution in [2.75, 3.05) is 11.9 Å². The lowest BCUT2D eigenvalue weighted by molar-refractivity contribution is -0.107. The van der Waals surface area contributed by atoms with Gasteiger partial charge in [-0.1, -0.05) is 0 Å². The molecule has 0 saturated heterocycles.